The first-order chi connectivity index (χ1) is 8.38. The Balaban J connectivity index is 1.68. The van der Waals surface area contributed by atoms with Crippen molar-refractivity contribution < 1.29 is 5.11 Å². The number of nitrogens with zero attached hydrogens (tertiary/aromatic N) is 3. The normalized spacial score (nSPS) is 18.4. The molecule has 0 saturated carbocycles. The Morgan fingerprint density at radius 1 is 1.00 bits per heavy atom. The first-order valence-electron chi connectivity index (χ1n) is 6.33. The van der Waals surface area contributed by atoms with Crippen molar-refractivity contribution in [2.45, 2.75) is 6.42 Å². The molecule has 0 spiro atoms. The molecule has 4 heteroatoms. The van der Waals surface area contributed by atoms with E-state index >= 15 is 0 Å². The lowest BCUT2D eigenvalue weighted by Crippen LogP contribution is -2.47. The molecule has 94 valence electrons. The smallest absolute Gasteiger partial charge is 0.0558 e. The number of β-amino-alcohol motifs (C(OH)–C–C–N with tert-alkyl or cyclic N) is 1. The van der Waals surface area contributed by atoms with Gasteiger partial charge in [-0.25, -0.2) is 0 Å². The summed E-state index contributed by atoms with van der Waals surface area (Å²) in [6.45, 7) is 6.61. The number of aliphatic hydroxyl groups is 1. The molecule has 0 amide bonds. The molecular weight excluding hydrogens is 214 g/mol. The fourth-order valence-corrected chi connectivity index (χ4v) is 2.21. The van der Waals surface area contributed by atoms with Gasteiger partial charge in [-0.1, -0.05) is 0 Å². The lowest BCUT2D eigenvalue weighted by atomic mass is 10.2. The zero-order valence-corrected chi connectivity index (χ0v) is 10.3. The summed E-state index contributed by atoms with van der Waals surface area (Å²) in [5.41, 5.74) is 1.36. The molecule has 0 aliphatic carbocycles. The molecule has 1 saturated heterocycles. The van der Waals surface area contributed by atoms with E-state index in [4.69, 9.17) is 5.11 Å². The molecule has 0 unspecified atom stereocenters. The van der Waals surface area contributed by atoms with Gasteiger partial charge in [0, 0.05) is 51.7 Å². The largest absolute Gasteiger partial charge is 0.395 e. The van der Waals surface area contributed by atoms with Crippen LogP contribution in [-0.4, -0.2) is 65.8 Å². The highest BCUT2D eigenvalue weighted by Crippen LogP contribution is 2.04. The van der Waals surface area contributed by atoms with E-state index in [0.29, 0.717) is 0 Å². The van der Waals surface area contributed by atoms with Gasteiger partial charge in [0.05, 0.1) is 6.61 Å². The summed E-state index contributed by atoms with van der Waals surface area (Å²) < 4.78 is 0. The van der Waals surface area contributed by atoms with Gasteiger partial charge in [0.25, 0.3) is 0 Å². The first kappa shape index (κ1) is 12.5. The van der Waals surface area contributed by atoms with Gasteiger partial charge in [0.15, 0.2) is 0 Å². The average Bonchev–Trinajstić information content (AvgIpc) is 2.40. The fraction of sp³-hybridized carbons (Fsp3) is 0.615. The Morgan fingerprint density at radius 2 is 1.59 bits per heavy atom. The van der Waals surface area contributed by atoms with Crippen LogP contribution >= 0.6 is 0 Å². The van der Waals surface area contributed by atoms with Crippen LogP contribution in [0.1, 0.15) is 5.56 Å². The van der Waals surface area contributed by atoms with Gasteiger partial charge in [0.1, 0.15) is 0 Å². The quantitative estimate of drug-likeness (QED) is 0.793. The highest BCUT2D eigenvalue weighted by Gasteiger charge is 2.15. The summed E-state index contributed by atoms with van der Waals surface area (Å²) in [6.07, 6.45) is 4.81. The minimum atomic E-state index is 0.275. The second kappa shape index (κ2) is 6.69. The number of hydrogen-bond acceptors (Lipinski definition) is 4. The van der Waals surface area contributed by atoms with Crippen molar-refractivity contribution in [3.63, 3.8) is 0 Å². The predicted octanol–water partition coefficient (Wildman–Crippen LogP) is 0.234. The number of piperazine rings is 1. The third kappa shape index (κ3) is 4.07. The summed E-state index contributed by atoms with van der Waals surface area (Å²) in [5, 5.41) is 8.88. The highest BCUT2D eigenvalue weighted by atomic mass is 16.3. The molecule has 2 heterocycles. The number of aliphatic hydroxyl groups excluding tert-OH is 1. The molecule has 1 aromatic heterocycles. The Bertz CT molecular complexity index is 310. The molecule has 2 rings (SSSR count). The summed E-state index contributed by atoms with van der Waals surface area (Å²) >= 11 is 0. The molecule has 1 fully saturated rings. The average molecular weight is 235 g/mol. The van der Waals surface area contributed by atoms with Crippen molar-refractivity contribution in [3.8, 4) is 0 Å². The molecule has 1 aliphatic rings. The number of rotatable bonds is 5. The van der Waals surface area contributed by atoms with Crippen molar-refractivity contribution in [2.24, 2.45) is 0 Å². The Morgan fingerprint density at radius 3 is 2.18 bits per heavy atom. The predicted molar refractivity (Wildman–Crippen MR) is 67.9 cm³/mol. The minimum absolute atomic E-state index is 0.275. The van der Waals surface area contributed by atoms with Crippen molar-refractivity contribution >= 4 is 0 Å². The molecular formula is C13H21N3O. The third-order valence-corrected chi connectivity index (χ3v) is 3.35. The Kier molecular flexibility index (Phi) is 4.91. The van der Waals surface area contributed by atoms with Crippen LogP contribution in [0.4, 0.5) is 0 Å². The van der Waals surface area contributed by atoms with E-state index in [0.717, 1.165) is 45.7 Å². The van der Waals surface area contributed by atoms with E-state index in [9.17, 15) is 0 Å². The first-order valence-corrected chi connectivity index (χ1v) is 6.33. The molecule has 4 nitrogen and oxygen atoms in total. The number of hydrogen-bond donors (Lipinski definition) is 1. The molecule has 0 radical (unpaired) electrons. The topological polar surface area (TPSA) is 39.6 Å². The molecule has 17 heavy (non-hydrogen) atoms. The van der Waals surface area contributed by atoms with Crippen LogP contribution < -0.4 is 0 Å². The summed E-state index contributed by atoms with van der Waals surface area (Å²) in [7, 11) is 0. The second-order valence-electron chi connectivity index (χ2n) is 4.51. The zero-order valence-electron chi connectivity index (χ0n) is 10.3. The Hall–Kier alpha value is -0.970. The summed E-state index contributed by atoms with van der Waals surface area (Å²) in [4.78, 5) is 8.84. The van der Waals surface area contributed by atoms with Crippen molar-refractivity contribution in [1.29, 1.82) is 0 Å². The van der Waals surface area contributed by atoms with E-state index in [1.807, 2.05) is 12.4 Å². The summed E-state index contributed by atoms with van der Waals surface area (Å²) in [6, 6.07) is 4.17. The van der Waals surface area contributed by atoms with Crippen LogP contribution in [0.25, 0.3) is 0 Å². The lowest BCUT2D eigenvalue weighted by molar-refractivity contribution is 0.113. The zero-order chi connectivity index (χ0) is 11.9. The molecule has 0 atom stereocenters. The van der Waals surface area contributed by atoms with Gasteiger partial charge in [-0.05, 0) is 24.1 Å². The molecule has 0 aromatic carbocycles. The SMILES string of the molecule is OCCN1CCN(CCc2ccncc2)CC1. The maximum Gasteiger partial charge on any atom is 0.0558 e. The highest BCUT2D eigenvalue weighted by molar-refractivity contribution is 5.09. The minimum Gasteiger partial charge on any atom is -0.395 e. The van der Waals surface area contributed by atoms with Crippen LogP contribution in [-0.2, 0) is 6.42 Å². The van der Waals surface area contributed by atoms with Crippen LogP contribution in [0, 0.1) is 0 Å². The van der Waals surface area contributed by atoms with E-state index < -0.39 is 0 Å². The number of aromatic nitrogens is 1. The van der Waals surface area contributed by atoms with Crippen LogP contribution in [0.3, 0.4) is 0 Å². The monoisotopic (exact) mass is 235 g/mol. The van der Waals surface area contributed by atoms with Gasteiger partial charge < -0.3 is 10.0 Å². The van der Waals surface area contributed by atoms with Gasteiger partial charge in [-0.3, -0.25) is 9.88 Å². The second-order valence-corrected chi connectivity index (χ2v) is 4.51. The standard InChI is InChI=1S/C13H21N3O/c17-12-11-16-9-7-15(8-10-16)6-3-13-1-4-14-5-2-13/h1-2,4-5,17H,3,6-12H2. The van der Waals surface area contributed by atoms with Crippen molar-refractivity contribution in [1.82, 2.24) is 14.8 Å². The van der Waals surface area contributed by atoms with Crippen LogP contribution in [0.15, 0.2) is 24.5 Å². The van der Waals surface area contributed by atoms with Gasteiger partial charge >= 0.3 is 0 Å². The fourth-order valence-electron chi connectivity index (χ4n) is 2.21. The van der Waals surface area contributed by atoms with Gasteiger partial charge in [-0.15, -0.1) is 0 Å². The van der Waals surface area contributed by atoms with Crippen molar-refractivity contribution in [3.05, 3.63) is 30.1 Å². The molecule has 1 aliphatic heterocycles. The van der Waals surface area contributed by atoms with E-state index in [1.165, 1.54) is 5.56 Å². The maximum absolute atomic E-state index is 8.88. The van der Waals surface area contributed by atoms with Gasteiger partial charge in [-0.2, -0.15) is 0 Å². The van der Waals surface area contributed by atoms with Gasteiger partial charge in [0.2, 0.25) is 0 Å². The molecule has 1 aromatic rings. The van der Waals surface area contributed by atoms with Crippen LogP contribution in [0.5, 0.6) is 0 Å². The van der Waals surface area contributed by atoms with Crippen LogP contribution in [0.2, 0.25) is 0 Å². The van der Waals surface area contributed by atoms with E-state index in [-0.39, 0.29) is 6.61 Å². The lowest BCUT2D eigenvalue weighted by Gasteiger charge is -2.34. The molecule has 0 bridgehead atoms. The third-order valence-electron chi connectivity index (χ3n) is 3.35. The van der Waals surface area contributed by atoms with E-state index in [1.54, 1.807) is 0 Å². The van der Waals surface area contributed by atoms with E-state index in [2.05, 4.69) is 26.9 Å². The number of pyridine rings is 1. The maximum atomic E-state index is 8.88. The molecule has 1 N–H and O–H groups in total. The Labute approximate surface area is 103 Å². The summed E-state index contributed by atoms with van der Waals surface area (Å²) in [5.74, 6) is 0. The van der Waals surface area contributed by atoms with Crippen molar-refractivity contribution in [2.75, 3.05) is 45.9 Å².